The van der Waals surface area contributed by atoms with Gasteiger partial charge in [-0.1, -0.05) is 48.1 Å². The van der Waals surface area contributed by atoms with Crippen molar-refractivity contribution in [3.8, 4) is 5.75 Å². The van der Waals surface area contributed by atoms with Crippen LogP contribution in [-0.2, 0) is 14.3 Å². The lowest BCUT2D eigenvalue weighted by atomic mass is 9.93. The number of carbonyl (C=O) groups excluding carboxylic acids is 3. The predicted octanol–water partition coefficient (Wildman–Crippen LogP) is 5.66. The van der Waals surface area contributed by atoms with E-state index in [4.69, 9.17) is 9.47 Å². The largest absolute Gasteiger partial charge is 0.507 e. The van der Waals surface area contributed by atoms with Crippen molar-refractivity contribution in [1.29, 1.82) is 0 Å². The van der Waals surface area contributed by atoms with Crippen LogP contribution in [0.2, 0.25) is 0 Å². The lowest BCUT2D eigenvalue weighted by molar-refractivity contribution is -0.132. The van der Waals surface area contributed by atoms with Gasteiger partial charge in [-0.15, -0.1) is 0 Å². The maximum Gasteiger partial charge on any atom is 0.350 e. The van der Waals surface area contributed by atoms with Crippen LogP contribution in [0.1, 0.15) is 63.9 Å². The van der Waals surface area contributed by atoms with Gasteiger partial charge in [0.25, 0.3) is 5.78 Å². The molecule has 0 spiro atoms. The highest BCUT2D eigenvalue weighted by molar-refractivity contribution is 7.17. The number of aliphatic hydroxyl groups excluding tert-OH is 1. The van der Waals surface area contributed by atoms with Gasteiger partial charge < -0.3 is 14.6 Å². The minimum Gasteiger partial charge on any atom is -0.507 e. The molecule has 1 N–H and O–H groups in total. The molecule has 198 valence electrons. The Kier molecular flexibility index (Phi) is 7.97. The smallest absolute Gasteiger partial charge is 0.350 e. The van der Waals surface area contributed by atoms with Gasteiger partial charge in [-0.25, -0.2) is 9.78 Å². The normalized spacial score (nSPS) is 16.7. The Hall–Kier alpha value is -3.98. The summed E-state index contributed by atoms with van der Waals surface area (Å²) >= 11 is 0.977. The zero-order valence-corrected chi connectivity index (χ0v) is 22.8. The van der Waals surface area contributed by atoms with Crippen LogP contribution in [0.5, 0.6) is 5.75 Å². The molecule has 1 aromatic heterocycles. The number of thiazole rings is 1. The van der Waals surface area contributed by atoms with Gasteiger partial charge in [0.2, 0.25) is 0 Å². The Bertz CT molecular complexity index is 1420. The van der Waals surface area contributed by atoms with Gasteiger partial charge in [0.1, 0.15) is 16.4 Å². The fourth-order valence-corrected chi connectivity index (χ4v) is 5.31. The van der Waals surface area contributed by atoms with Gasteiger partial charge in [0.15, 0.2) is 5.13 Å². The summed E-state index contributed by atoms with van der Waals surface area (Å²) in [6, 6.07) is 11.6. The molecule has 4 rings (SSSR count). The number of aryl methyl sites for hydroxylation is 3. The van der Waals surface area contributed by atoms with Gasteiger partial charge in [0.05, 0.1) is 30.5 Å². The predicted molar refractivity (Wildman–Crippen MR) is 146 cm³/mol. The highest BCUT2D eigenvalue weighted by atomic mass is 32.1. The number of hydrogen-bond acceptors (Lipinski definition) is 8. The van der Waals surface area contributed by atoms with Crippen LogP contribution in [-0.4, -0.2) is 41.0 Å². The highest BCUT2D eigenvalue weighted by Gasteiger charge is 2.48. The minimum atomic E-state index is -0.962. The fourth-order valence-electron chi connectivity index (χ4n) is 4.32. The van der Waals surface area contributed by atoms with Crippen molar-refractivity contribution in [2.24, 2.45) is 0 Å². The number of carbonyl (C=O) groups is 3. The number of benzene rings is 2. The van der Waals surface area contributed by atoms with Gasteiger partial charge >= 0.3 is 11.9 Å². The number of Topliss-reactive ketones (excluding diaryl/α,β-unsaturated/α-hetero) is 1. The van der Waals surface area contributed by atoms with Crippen LogP contribution < -0.4 is 9.64 Å². The Morgan fingerprint density at radius 3 is 2.45 bits per heavy atom. The van der Waals surface area contributed by atoms with Crippen molar-refractivity contribution in [1.82, 2.24) is 4.98 Å². The number of nitrogens with zero attached hydrogens (tertiary/aromatic N) is 2. The summed E-state index contributed by atoms with van der Waals surface area (Å²) in [6.07, 6.45) is 0.851. The van der Waals surface area contributed by atoms with Crippen molar-refractivity contribution >= 4 is 39.9 Å². The molecule has 38 heavy (non-hydrogen) atoms. The van der Waals surface area contributed by atoms with Crippen molar-refractivity contribution in [2.45, 2.75) is 47.1 Å². The summed E-state index contributed by atoms with van der Waals surface area (Å²) in [7, 11) is 0. The van der Waals surface area contributed by atoms with Crippen molar-refractivity contribution in [3.63, 3.8) is 0 Å². The topological polar surface area (TPSA) is 106 Å². The van der Waals surface area contributed by atoms with Crippen LogP contribution in [0.25, 0.3) is 5.76 Å². The Balaban J connectivity index is 1.90. The van der Waals surface area contributed by atoms with E-state index in [1.165, 1.54) is 4.90 Å². The third-order valence-corrected chi connectivity index (χ3v) is 7.35. The molecule has 3 aromatic rings. The Morgan fingerprint density at radius 2 is 1.79 bits per heavy atom. The average molecular weight is 535 g/mol. The molecule has 1 aliphatic heterocycles. The van der Waals surface area contributed by atoms with E-state index >= 15 is 0 Å². The third-order valence-electron chi connectivity index (χ3n) is 6.21. The van der Waals surface area contributed by atoms with E-state index in [-0.39, 0.29) is 27.9 Å². The molecule has 2 heterocycles. The zero-order valence-electron chi connectivity index (χ0n) is 22.0. The van der Waals surface area contributed by atoms with Crippen LogP contribution in [0.15, 0.2) is 48.0 Å². The second-order valence-corrected chi connectivity index (χ2v) is 10.0. The fraction of sp³-hybridized carbons (Fsp3) is 0.310. The van der Waals surface area contributed by atoms with Gasteiger partial charge in [0, 0.05) is 5.56 Å². The molecule has 0 saturated carbocycles. The maximum absolute atomic E-state index is 13.5. The zero-order chi connectivity index (χ0) is 27.6. The van der Waals surface area contributed by atoms with Crippen LogP contribution >= 0.6 is 11.3 Å². The van der Waals surface area contributed by atoms with Gasteiger partial charge in [-0.3, -0.25) is 14.5 Å². The molecule has 0 aliphatic carbocycles. The molecular formula is C29H30N2O6S. The lowest BCUT2D eigenvalue weighted by Gasteiger charge is -2.23. The number of aliphatic hydroxyl groups is 1. The Morgan fingerprint density at radius 1 is 1.08 bits per heavy atom. The number of aromatic nitrogens is 1. The molecule has 9 heteroatoms. The molecule has 0 bridgehead atoms. The number of ketones is 1. The second kappa shape index (κ2) is 11.2. The molecule has 1 atom stereocenters. The van der Waals surface area contributed by atoms with E-state index in [1.807, 2.05) is 32.9 Å². The molecule has 8 nitrogen and oxygen atoms in total. The van der Waals surface area contributed by atoms with Crippen LogP contribution in [0.3, 0.4) is 0 Å². The number of anilines is 1. The summed E-state index contributed by atoms with van der Waals surface area (Å²) in [4.78, 5) is 45.4. The van der Waals surface area contributed by atoms with Crippen LogP contribution in [0, 0.1) is 20.8 Å². The number of esters is 1. The first kappa shape index (κ1) is 27.1. The van der Waals surface area contributed by atoms with E-state index < -0.39 is 23.7 Å². The molecule has 1 unspecified atom stereocenters. The molecule has 1 aliphatic rings. The van der Waals surface area contributed by atoms with E-state index in [0.717, 1.165) is 28.9 Å². The minimum absolute atomic E-state index is 0.0449. The summed E-state index contributed by atoms with van der Waals surface area (Å²) in [5.74, 6) is -1.82. The van der Waals surface area contributed by atoms with Crippen LogP contribution in [0.4, 0.5) is 5.13 Å². The third kappa shape index (κ3) is 5.06. The highest BCUT2D eigenvalue weighted by Crippen LogP contribution is 2.44. The first-order valence-electron chi connectivity index (χ1n) is 12.4. The number of rotatable bonds is 8. The Labute approximate surface area is 225 Å². The monoisotopic (exact) mass is 534 g/mol. The molecule has 1 fully saturated rings. The number of hydrogen-bond donors (Lipinski definition) is 1. The van der Waals surface area contributed by atoms with Crippen molar-refractivity contribution < 1.29 is 29.0 Å². The number of amides is 1. The second-order valence-electron chi connectivity index (χ2n) is 9.04. The van der Waals surface area contributed by atoms with Gasteiger partial charge in [-0.05, 0) is 63.4 Å². The summed E-state index contributed by atoms with van der Waals surface area (Å²) in [5.41, 5.74) is 3.06. The van der Waals surface area contributed by atoms with E-state index in [2.05, 4.69) is 4.98 Å². The van der Waals surface area contributed by atoms with Crippen molar-refractivity contribution in [3.05, 3.63) is 80.9 Å². The molecule has 1 saturated heterocycles. The first-order valence-corrected chi connectivity index (χ1v) is 13.2. The van der Waals surface area contributed by atoms with Crippen molar-refractivity contribution in [2.75, 3.05) is 18.1 Å². The average Bonchev–Trinajstić information content (AvgIpc) is 3.41. The quantitative estimate of drug-likeness (QED) is 0.172. The standard InChI is InChI=1S/C29H30N2O6S/c1-6-14-37-20-12-10-19(11-13-20)23-22(24(32)21-15-16(3)8-9-17(21)4)25(33)27(34)31(23)29-30-18(5)26(38-29)28(35)36-7-2/h8-13,15,23,32H,6-7,14H2,1-5H3/b24-22+. The van der Waals surface area contributed by atoms with E-state index in [0.29, 0.717) is 29.2 Å². The SMILES string of the molecule is CCCOc1ccc(C2/C(=C(\O)c3cc(C)ccc3C)C(=O)C(=O)N2c2nc(C)c(C(=O)OCC)s2)cc1. The molecule has 2 aromatic carbocycles. The lowest BCUT2D eigenvalue weighted by Crippen LogP contribution is -2.29. The summed E-state index contributed by atoms with van der Waals surface area (Å²) in [6.45, 7) is 9.82. The van der Waals surface area contributed by atoms with Gasteiger partial charge in [-0.2, -0.15) is 0 Å². The summed E-state index contributed by atoms with van der Waals surface area (Å²) in [5, 5.41) is 11.6. The summed E-state index contributed by atoms with van der Waals surface area (Å²) < 4.78 is 10.8. The number of ether oxygens (including phenoxy) is 2. The first-order chi connectivity index (χ1) is 18.2. The molecule has 0 radical (unpaired) electrons. The van der Waals surface area contributed by atoms with E-state index in [9.17, 15) is 19.5 Å². The van der Waals surface area contributed by atoms with E-state index in [1.54, 1.807) is 44.2 Å². The maximum atomic E-state index is 13.5. The molecular weight excluding hydrogens is 504 g/mol. The molecule has 1 amide bonds.